The Hall–Kier alpha value is -3.41. The molecule has 0 bridgehead atoms. The number of aromatic nitrogens is 2. The van der Waals surface area contributed by atoms with Crippen molar-refractivity contribution < 1.29 is 9.53 Å². The molecule has 6 heteroatoms. The summed E-state index contributed by atoms with van der Waals surface area (Å²) in [6.07, 6.45) is 0.675. The normalized spacial score (nSPS) is 10.4. The van der Waals surface area contributed by atoms with Crippen LogP contribution in [0.15, 0.2) is 54.6 Å². The standard InChI is InChI=1S/C22H24N4O2/c1-15-8-4-6-10-18(15)25-22-24-16(2)14-19(26-22)21(27)23-13-12-17-9-5-7-11-20(17)28-3/h4-11,14H,12-13H2,1-3H3,(H,23,27)(H,24,25,26). The van der Waals surface area contributed by atoms with Gasteiger partial charge in [0.15, 0.2) is 0 Å². The molecule has 0 atom stereocenters. The largest absolute Gasteiger partial charge is 0.496 e. The van der Waals surface area contributed by atoms with Crippen LogP contribution in [0.2, 0.25) is 0 Å². The minimum absolute atomic E-state index is 0.228. The summed E-state index contributed by atoms with van der Waals surface area (Å²) in [4.78, 5) is 21.3. The van der Waals surface area contributed by atoms with Gasteiger partial charge in [-0.2, -0.15) is 0 Å². The molecule has 0 aliphatic rings. The van der Waals surface area contributed by atoms with Crippen molar-refractivity contribution in [3.8, 4) is 5.75 Å². The summed E-state index contributed by atoms with van der Waals surface area (Å²) in [5, 5.41) is 6.10. The van der Waals surface area contributed by atoms with Crippen LogP contribution in [0.25, 0.3) is 0 Å². The first-order valence-electron chi connectivity index (χ1n) is 9.15. The lowest BCUT2D eigenvalue weighted by molar-refractivity contribution is 0.0949. The molecule has 0 aliphatic carbocycles. The van der Waals surface area contributed by atoms with Gasteiger partial charge in [0.05, 0.1) is 7.11 Å². The maximum absolute atomic E-state index is 12.6. The van der Waals surface area contributed by atoms with Crippen molar-refractivity contribution in [3.63, 3.8) is 0 Å². The SMILES string of the molecule is COc1ccccc1CCNC(=O)c1cc(C)nc(Nc2ccccc2C)n1. The lowest BCUT2D eigenvalue weighted by Gasteiger charge is -2.11. The lowest BCUT2D eigenvalue weighted by Crippen LogP contribution is -2.27. The molecule has 28 heavy (non-hydrogen) atoms. The number of para-hydroxylation sites is 2. The second kappa shape index (κ2) is 8.99. The number of hydrogen-bond donors (Lipinski definition) is 2. The maximum atomic E-state index is 12.6. The third-order valence-corrected chi connectivity index (χ3v) is 4.35. The summed E-state index contributed by atoms with van der Waals surface area (Å²) in [5.74, 6) is 0.997. The number of methoxy groups -OCH3 is 1. The number of rotatable bonds is 7. The fraction of sp³-hybridized carbons (Fsp3) is 0.227. The number of nitrogens with zero attached hydrogens (tertiary/aromatic N) is 2. The summed E-state index contributed by atoms with van der Waals surface area (Å²) in [5.41, 5.74) is 4.10. The van der Waals surface area contributed by atoms with Gasteiger partial charge in [0.25, 0.3) is 5.91 Å². The zero-order valence-corrected chi connectivity index (χ0v) is 16.3. The maximum Gasteiger partial charge on any atom is 0.270 e. The van der Waals surface area contributed by atoms with Crippen LogP contribution in [-0.4, -0.2) is 29.5 Å². The highest BCUT2D eigenvalue weighted by atomic mass is 16.5. The van der Waals surface area contributed by atoms with Crippen LogP contribution in [-0.2, 0) is 6.42 Å². The van der Waals surface area contributed by atoms with E-state index in [1.54, 1.807) is 13.2 Å². The Labute approximate surface area is 165 Å². The van der Waals surface area contributed by atoms with Crippen LogP contribution in [0.4, 0.5) is 11.6 Å². The Morgan fingerprint density at radius 3 is 2.57 bits per heavy atom. The Kier molecular flexibility index (Phi) is 6.22. The summed E-state index contributed by atoms with van der Waals surface area (Å²) in [7, 11) is 1.64. The first kappa shape index (κ1) is 19.4. The molecule has 2 N–H and O–H groups in total. The highest BCUT2D eigenvalue weighted by Gasteiger charge is 2.11. The predicted molar refractivity (Wildman–Crippen MR) is 110 cm³/mol. The number of carbonyl (C=O) groups is 1. The average Bonchev–Trinajstić information content (AvgIpc) is 2.69. The predicted octanol–water partition coefficient (Wildman–Crippen LogP) is 3.82. The van der Waals surface area contributed by atoms with E-state index in [9.17, 15) is 4.79 Å². The molecule has 0 aliphatic heterocycles. The van der Waals surface area contributed by atoms with Gasteiger partial charge < -0.3 is 15.4 Å². The monoisotopic (exact) mass is 376 g/mol. The van der Waals surface area contributed by atoms with E-state index in [1.807, 2.05) is 62.4 Å². The van der Waals surface area contributed by atoms with E-state index in [1.165, 1.54) is 0 Å². The molecule has 144 valence electrons. The van der Waals surface area contributed by atoms with Gasteiger partial charge in [-0.1, -0.05) is 36.4 Å². The minimum Gasteiger partial charge on any atom is -0.496 e. The van der Waals surface area contributed by atoms with Gasteiger partial charge in [0.1, 0.15) is 11.4 Å². The van der Waals surface area contributed by atoms with Gasteiger partial charge in [-0.05, 0) is 49.6 Å². The summed E-state index contributed by atoms with van der Waals surface area (Å²) < 4.78 is 5.34. The smallest absolute Gasteiger partial charge is 0.270 e. The molecule has 2 aromatic carbocycles. The fourth-order valence-corrected chi connectivity index (χ4v) is 2.89. The zero-order valence-electron chi connectivity index (χ0n) is 16.3. The number of aryl methyl sites for hydroxylation is 2. The van der Waals surface area contributed by atoms with Crippen LogP contribution in [0.3, 0.4) is 0 Å². The molecule has 1 heterocycles. The van der Waals surface area contributed by atoms with Gasteiger partial charge >= 0.3 is 0 Å². The molecule has 0 spiro atoms. The molecular formula is C22H24N4O2. The Morgan fingerprint density at radius 2 is 1.79 bits per heavy atom. The summed E-state index contributed by atoms with van der Waals surface area (Å²) in [6, 6.07) is 17.3. The van der Waals surface area contributed by atoms with E-state index in [-0.39, 0.29) is 5.91 Å². The molecule has 3 rings (SSSR count). The molecule has 1 amide bonds. The highest BCUT2D eigenvalue weighted by Crippen LogP contribution is 2.19. The van der Waals surface area contributed by atoms with E-state index in [0.29, 0.717) is 24.6 Å². The number of hydrogen-bond acceptors (Lipinski definition) is 5. The fourth-order valence-electron chi connectivity index (χ4n) is 2.89. The first-order chi connectivity index (χ1) is 13.6. The molecule has 0 saturated carbocycles. The third kappa shape index (κ3) is 4.85. The molecule has 0 radical (unpaired) electrons. The molecule has 0 unspecified atom stereocenters. The van der Waals surface area contributed by atoms with Crippen LogP contribution in [0.1, 0.15) is 27.3 Å². The van der Waals surface area contributed by atoms with Crippen molar-refractivity contribution in [2.45, 2.75) is 20.3 Å². The second-order valence-corrected chi connectivity index (χ2v) is 6.48. The lowest BCUT2D eigenvalue weighted by atomic mass is 10.1. The topological polar surface area (TPSA) is 76.1 Å². The van der Waals surface area contributed by atoms with Crippen LogP contribution >= 0.6 is 0 Å². The average molecular weight is 376 g/mol. The van der Waals surface area contributed by atoms with Crippen LogP contribution in [0, 0.1) is 13.8 Å². The summed E-state index contributed by atoms with van der Waals surface area (Å²) in [6.45, 7) is 4.34. The van der Waals surface area contributed by atoms with Gasteiger partial charge in [-0.15, -0.1) is 0 Å². The van der Waals surface area contributed by atoms with E-state index in [0.717, 1.165) is 28.3 Å². The van der Waals surface area contributed by atoms with Gasteiger partial charge in [0, 0.05) is 17.9 Å². The minimum atomic E-state index is -0.228. The first-order valence-corrected chi connectivity index (χ1v) is 9.15. The van der Waals surface area contributed by atoms with Crippen LogP contribution in [0.5, 0.6) is 5.75 Å². The number of carbonyl (C=O) groups excluding carboxylic acids is 1. The van der Waals surface area contributed by atoms with Crippen molar-refractivity contribution in [2.24, 2.45) is 0 Å². The second-order valence-electron chi connectivity index (χ2n) is 6.48. The van der Waals surface area contributed by atoms with Gasteiger partial charge in [-0.25, -0.2) is 9.97 Å². The van der Waals surface area contributed by atoms with Crippen molar-refractivity contribution >= 4 is 17.5 Å². The number of ether oxygens (including phenoxy) is 1. The molecule has 3 aromatic rings. The van der Waals surface area contributed by atoms with Crippen LogP contribution < -0.4 is 15.4 Å². The molecule has 0 saturated heterocycles. The van der Waals surface area contributed by atoms with E-state index in [2.05, 4.69) is 20.6 Å². The van der Waals surface area contributed by atoms with Gasteiger partial charge in [-0.3, -0.25) is 4.79 Å². The molecule has 0 fully saturated rings. The van der Waals surface area contributed by atoms with Crippen molar-refractivity contribution in [1.29, 1.82) is 0 Å². The third-order valence-electron chi connectivity index (χ3n) is 4.35. The van der Waals surface area contributed by atoms with E-state index >= 15 is 0 Å². The van der Waals surface area contributed by atoms with Crippen molar-refractivity contribution in [2.75, 3.05) is 19.0 Å². The van der Waals surface area contributed by atoms with Crippen molar-refractivity contribution in [3.05, 3.63) is 77.1 Å². The van der Waals surface area contributed by atoms with Gasteiger partial charge in [0.2, 0.25) is 5.95 Å². The van der Waals surface area contributed by atoms with E-state index in [4.69, 9.17) is 4.74 Å². The number of amides is 1. The Morgan fingerprint density at radius 1 is 1.04 bits per heavy atom. The van der Waals surface area contributed by atoms with E-state index < -0.39 is 0 Å². The quantitative estimate of drug-likeness (QED) is 0.656. The highest BCUT2D eigenvalue weighted by molar-refractivity contribution is 5.92. The number of anilines is 2. The molecule has 6 nitrogen and oxygen atoms in total. The molecular weight excluding hydrogens is 352 g/mol. The number of nitrogens with one attached hydrogen (secondary N) is 2. The number of benzene rings is 2. The Bertz CT molecular complexity index is 972. The molecule has 1 aromatic heterocycles. The Balaban J connectivity index is 1.66. The summed E-state index contributed by atoms with van der Waals surface area (Å²) >= 11 is 0. The zero-order chi connectivity index (χ0) is 19.9. The van der Waals surface area contributed by atoms with Crippen molar-refractivity contribution in [1.82, 2.24) is 15.3 Å².